The van der Waals surface area contributed by atoms with Crippen LogP contribution in [0.25, 0.3) is 16.8 Å². The lowest BCUT2D eigenvalue weighted by Crippen LogP contribution is -2.53. The van der Waals surface area contributed by atoms with Crippen LogP contribution in [0.4, 0.5) is 10.6 Å². The fourth-order valence-corrected chi connectivity index (χ4v) is 3.07. The number of pyridine rings is 1. The molecule has 130 valence electrons. The highest BCUT2D eigenvalue weighted by Crippen LogP contribution is 2.31. The summed E-state index contributed by atoms with van der Waals surface area (Å²) in [5, 5.41) is 17.5. The zero-order valence-electron chi connectivity index (χ0n) is 13.7. The van der Waals surface area contributed by atoms with Crippen LogP contribution in [0.3, 0.4) is 0 Å². The van der Waals surface area contributed by atoms with Crippen LogP contribution in [0, 0.1) is 0 Å². The molecule has 0 bridgehead atoms. The van der Waals surface area contributed by atoms with Crippen LogP contribution in [0.1, 0.15) is 6.42 Å². The first-order valence-corrected chi connectivity index (χ1v) is 7.92. The summed E-state index contributed by atoms with van der Waals surface area (Å²) >= 11 is 0. The van der Waals surface area contributed by atoms with Crippen molar-refractivity contribution in [3.05, 3.63) is 30.6 Å². The lowest BCUT2D eigenvalue weighted by Gasteiger charge is -2.38. The van der Waals surface area contributed by atoms with E-state index in [-0.39, 0.29) is 6.04 Å². The van der Waals surface area contributed by atoms with Crippen molar-refractivity contribution in [3.63, 3.8) is 0 Å². The summed E-state index contributed by atoms with van der Waals surface area (Å²) in [5.74, 6) is 1.08. The molecule has 1 amide bonds. The second kappa shape index (κ2) is 5.69. The predicted octanol–water partition coefficient (Wildman–Crippen LogP) is 1.45. The molecule has 3 N–H and O–H groups in total. The third-order valence-electron chi connectivity index (χ3n) is 4.48. The van der Waals surface area contributed by atoms with Crippen LogP contribution in [0.2, 0.25) is 0 Å². The van der Waals surface area contributed by atoms with Gasteiger partial charge in [0.15, 0.2) is 5.75 Å². The van der Waals surface area contributed by atoms with Gasteiger partial charge in [0.25, 0.3) is 0 Å². The number of hydrogen-bond acceptors (Lipinski definition) is 5. The van der Waals surface area contributed by atoms with E-state index in [1.54, 1.807) is 21.5 Å². The van der Waals surface area contributed by atoms with E-state index >= 15 is 0 Å². The Kier molecular flexibility index (Phi) is 3.48. The van der Waals surface area contributed by atoms with E-state index in [0.29, 0.717) is 24.7 Å². The first-order valence-electron chi connectivity index (χ1n) is 7.92. The molecule has 0 aliphatic carbocycles. The lowest BCUT2D eigenvalue weighted by atomic mass is 10.1. The first-order chi connectivity index (χ1) is 12.0. The number of carboxylic acid groups (broad SMARTS) is 1. The molecule has 1 aliphatic heterocycles. The summed E-state index contributed by atoms with van der Waals surface area (Å²) in [7, 11) is 1.84. The number of amides is 1. The largest absolute Gasteiger partial charge is 0.487 e. The number of aryl methyl sites for hydroxylation is 1. The van der Waals surface area contributed by atoms with Gasteiger partial charge in [-0.1, -0.05) is 0 Å². The molecule has 0 unspecified atom stereocenters. The van der Waals surface area contributed by atoms with Crippen molar-refractivity contribution in [2.45, 2.75) is 12.5 Å². The Morgan fingerprint density at radius 2 is 2.32 bits per heavy atom. The van der Waals surface area contributed by atoms with Gasteiger partial charge in [-0.2, -0.15) is 10.2 Å². The SMILES string of the molecule is Cn1ncc(OC[C@@H]2CCN2C(=O)O)c1-c1ccn2nc(N)cc2c1. The average Bonchev–Trinajstić information content (AvgIpc) is 3.06. The summed E-state index contributed by atoms with van der Waals surface area (Å²) in [6.45, 7) is 0.870. The van der Waals surface area contributed by atoms with Gasteiger partial charge in [-0.05, 0) is 18.6 Å². The summed E-state index contributed by atoms with van der Waals surface area (Å²) in [5.41, 5.74) is 8.35. The zero-order chi connectivity index (χ0) is 17.6. The average molecular weight is 342 g/mol. The maximum atomic E-state index is 11.1. The number of aromatic nitrogens is 4. The van der Waals surface area contributed by atoms with Crippen LogP contribution in [0.5, 0.6) is 5.75 Å². The van der Waals surface area contributed by atoms with E-state index in [1.165, 1.54) is 4.90 Å². The number of carbonyl (C=O) groups is 1. The van der Waals surface area contributed by atoms with Crippen molar-refractivity contribution in [1.82, 2.24) is 24.3 Å². The molecule has 25 heavy (non-hydrogen) atoms. The molecule has 9 nitrogen and oxygen atoms in total. The second-order valence-electron chi connectivity index (χ2n) is 6.06. The van der Waals surface area contributed by atoms with Crippen LogP contribution in [-0.2, 0) is 7.05 Å². The summed E-state index contributed by atoms with van der Waals surface area (Å²) in [4.78, 5) is 12.4. The number of rotatable bonds is 4. The molecule has 0 radical (unpaired) electrons. The first kappa shape index (κ1) is 15.3. The molecule has 1 fully saturated rings. The van der Waals surface area contributed by atoms with E-state index in [1.807, 2.05) is 25.4 Å². The quantitative estimate of drug-likeness (QED) is 0.742. The van der Waals surface area contributed by atoms with Gasteiger partial charge in [-0.3, -0.25) is 4.68 Å². The number of nitrogen functional groups attached to an aromatic ring is 1. The molecule has 1 aliphatic rings. The molecule has 9 heteroatoms. The minimum absolute atomic E-state index is 0.109. The van der Waals surface area contributed by atoms with Gasteiger partial charge >= 0.3 is 6.09 Å². The monoisotopic (exact) mass is 342 g/mol. The Balaban J connectivity index is 1.59. The van der Waals surface area contributed by atoms with Gasteiger partial charge in [-0.15, -0.1) is 0 Å². The van der Waals surface area contributed by atoms with Gasteiger partial charge in [0, 0.05) is 31.4 Å². The number of likely N-dealkylation sites (tertiary alicyclic amines) is 1. The lowest BCUT2D eigenvalue weighted by molar-refractivity contribution is 0.0501. The summed E-state index contributed by atoms with van der Waals surface area (Å²) < 4.78 is 9.31. The molecule has 1 atom stereocenters. The molecular formula is C16H18N6O3. The Labute approximate surface area is 143 Å². The molecule has 3 aromatic heterocycles. The van der Waals surface area contributed by atoms with Crippen molar-refractivity contribution in [2.24, 2.45) is 7.05 Å². The minimum Gasteiger partial charge on any atom is -0.487 e. The van der Waals surface area contributed by atoms with Gasteiger partial charge in [0.1, 0.15) is 18.1 Å². The number of anilines is 1. The Hall–Kier alpha value is -3.23. The van der Waals surface area contributed by atoms with Gasteiger partial charge in [-0.25, -0.2) is 9.31 Å². The highest BCUT2D eigenvalue weighted by atomic mass is 16.5. The smallest absolute Gasteiger partial charge is 0.407 e. The van der Waals surface area contributed by atoms with Crippen LogP contribution < -0.4 is 10.5 Å². The maximum absolute atomic E-state index is 11.1. The van der Waals surface area contributed by atoms with Gasteiger partial charge in [0.2, 0.25) is 0 Å². The molecule has 1 saturated heterocycles. The molecule has 3 aromatic rings. The fourth-order valence-electron chi connectivity index (χ4n) is 3.07. The molecule has 0 saturated carbocycles. The predicted molar refractivity (Wildman–Crippen MR) is 90.4 cm³/mol. The maximum Gasteiger partial charge on any atom is 0.407 e. The van der Waals surface area contributed by atoms with Gasteiger partial charge in [0.05, 0.1) is 17.8 Å². The Bertz CT molecular complexity index is 947. The summed E-state index contributed by atoms with van der Waals surface area (Å²) in [6, 6.07) is 5.55. The standard InChI is InChI=1S/C16H18N6O3/c1-20-15(10-2-5-22-12(6-10)7-14(17)19-22)13(8-18-20)25-9-11-3-4-21(11)16(23)24/h2,5-8,11H,3-4,9H2,1H3,(H2,17,19)(H,23,24)/t11-/m0/s1. The minimum atomic E-state index is -0.907. The van der Waals surface area contributed by atoms with Crippen LogP contribution in [0.15, 0.2) is 30.6 Å². The number of fused-ring (bicyclic) bond motifs is 1. The number of ether oxygens (including phenoxy) is 1. The van der Waals surface area contributed by atoms with E-state index in [9.17, 15) is 4.79 Å². The van der Waals surface area contributed by atoms with Crippen molar-refractivity contribution in [2.75, 3.05) is 18.9 Å². The highest BCUT2D eigenvalue weighted by Gasteiger charge is 2.32. The normalized spacial score (nSPS) is 16.8. The molecule has 0 spiro atoms. The molecule has 4 rings (SSSR count). The van der Waals surface area contributed by atoms with Crippen LogP contribution in [-0.4, -0.2) is 54.7 Å². The Morgan fingerprint density at radius 3 is 3.04 bits per heavy atom. The fraction of sp³-hybridized carbons (Fsp3) is 0.312. The van der Waals surface area contributed by atoms with E-state index in [2.05, 4.69) is 10.2 Å². The second-order valence-corrected chi connectivity index (χ2v) is 6.06. The Morgan fingerprint density at radius 1 is 1.48 bits per heavy atom. The molecule has 4 heterocycles. The summed E-state index contributed by atoms with van der Waals surface area (Å²) in [6.07, 6.45) is 3.38. The van der Waals surface area contributed by atoms with Crippen molar-refractivity contribution >= 4 is 17.4 Å². The van der Waals surface area contributed by atoms with E-state index < -0.39 is 6.09 Å². The topological polar surface area (TPSA) is 111 Å². The number of nitrogens with two attached hydrogens (primary N) is 1. The van der Waals surface area contributed by atoms with Gasteiger partial charge < -0.3 is 20.5 Å². The van der Waals surface area contributed by atoms with Crippen molar-refractivity contribution in [3.8, 4) is 17.0 Å². The van der Waals surface area contributed by atoms with E-state index in [4.69, 9.17) is 15.6 Å². The number of hydrogen-bond donors (Lipinski definition) is 2. The third-order valence-corrected chi connectivity index (χ3v) is 4.48. The van der Waals surface area contributed by atoms with Crippen LogP contribution >= 0.6 is 0 Å². The van der Waals surface area contributed by atoms with Crippen molar-refractivity contribution < 1.29 is 14.6 Å². The number of nitrogens with zero attached hydrogens (tertiary/aromatic N) is 5. The molecular weight excluding hydrogens is 324 g/mol. The van der Waals surface area contributed by atoms with E-state index in [0.717, 1.165) is 23.2 Å². The molecule has 0 aromatic carbocycles. The third kappa shape index (κ3) is 2.63. The zero-order valence-corrected chi connectivity index (χ0v) is 13.7. The highest BCUT2D eigenvalue weighted by molar-refractivity contribution is 5.72. The van der Waals surface area contributed by atoms with Crippen molar-refractivity contribution in [1.29, 1.82) is 0 Å².